The van der Waals surface area contributed by atoms with Crippen molar-refractivity contribution >= 4 is 29.3 Å². The first-order valence-corrected chi connectivity index (χ1v) is 12.4. The van der Waals surface area contributed by atoms with E-state index in [1.165, 1.54) is 17.3 Å². The van der Waals surface area contributed by atoms with Crippen LogP contribution in [0.15, 0.2) is 53.7 Å². The smallest absolute Gasteiger partial charge is 0.252 e. The number of anilines is 1. The Balaban J connectivity index is 1.64. The van der Waals surface area contributed by atoms with Gasteiger partial charge in [-0.05, 0) is 48.1 Å². The minimum absolute atomic E-state index is 0.103. The van der Waals surface area contributed by atoms with Crippen molar-refractivity contribution in [2.24, 2.45) is 13.0 Å². The largest absolute Gasteiger partial charge is 0.342 e. The number of carbonyl (C=O) groups is 2. The molecule has 0 aliphatic carbocycles. The summed E-state index contributed by atoms with van der Waals surface area (Å²) in [5, 5.41) is 15.3. The SMILES string of the molecule is Cc1ccccc1C(=O)N[C@H](c1nnc(SCC(=O)Nc2ccc(C(C)C)cc2)n1C)C(C)C. The lowest BCUT2D eigenvalue weighted by molar-refractivity contribution is -0.113. The van der Waals surface area contributed by atoms with Crippen LogP contribution in [0.1, 0.15) is 67.0 Å². The first-order valence-electron chi connectivity index (χ1n) is 11.5. The fourth-order valence-electron chi connectivity index (χ4n) is 3.58. The molecular weight excluding hydrogens is 446 g/mol. The molecule has 0 aliphatic heterocycles. The fourth-order valence-corrected chi connectivity index (χ4v) is 4.30. The van der Waals surface area contributed by atoms with E-state index < -0.39 is 0 Å². The van der Waals surface area contributed by atoms with Gasteiger partial charge in [-0.3, -0.25) is 9.59 Å². The summed E-state index contributed by atoms with van der Waals surface area (Å²) in [5.41, 5.74) is 3.56. The van der Waals surface area contributed by atoms with Gasteiger partial charge >= 0.3 is 0 Å². The van der Waals surface area contributed by atoms with Crippen molar-refractivity contribution in [1.82, 2.24) is 20.1 Å². The van der Waals surface area contributed by atoms with Crippen molar-refractivity contribution in [3.05, 3.63) is 71.0 Å². The molecule has 0 fully saturated rings. The van der Waals surface area contributed by atoms with E-state index in [0.29, 0.717) is 22.5 Å². The lowest BCUT2D eigenvalue weighted by atomic mass is 10.0. The van der Waals surface area contributed by atoms with Crippen LogP contribution in [0.2, 0.25) is 0 Å². The van der Waals surface area contributed by atoms with E-state index in [-0.39, 0.29) is 29.5 Å². The number of carbonyl (C=O) groups excluding carboxylic acids is 2. The topological polar surface area (TPSA) is 88.9 Å². The van der Waals surface area contributed by atoms with Gasteiger partial charge in [-0.15, -0.1) is 10.2 Å². The Bertz CT molecular complexity index is 1140. The summed E-state index contributed by atoms with van der Waals surface area (Å²) in [6, 6.07) is 15.1. The van der Waals surface area contributed by atoms with Gasteiger partial charge < -0.3 is 15.2 Å². The van der Waals surface area contributed by atoms with Gasteiger partial charge in [-0.25, -0.2) is 0 Å². The molecule has 1 atom stereocenters. The van der Waals surface area contributed by atoms with Crippen molar-refractivity contribution in [1.29, 1.82) is 0 Å². The predicted octanol–water partition coefficient (Wildman–Crippen LogP) is 5.10. The van der Waals surface area contributed by atoms with Crippen molar-refractivity contribution in [2.45, 2.75) is 51.7 Å². The number of rotatable bonds is 9. The molecule has 2 aromatic carbocycles. The lowest BCUT2D eigenvalue weighted by Crippen LogP contribution is -2.34. The molecule has 0 radical (unpaired) electrons. The molecule has 0 unspecified atom stereocenters. The van der Waals surface area contributed by atoms with Crippen LogP contribution in [0.5, 0.6) is 0 Å². The molecule has 34 heavy (non-hydrogen) atoms. The van der Waals surface area contributed by atoms with E-state index >= 15 is 0 Å². The van der Waals surface area contributed by atoms with Gasteiger partial charge in [0.2, 0.25) is 5.91 Å². The molecule has 2 N–H and O–H groups in total. The number of benzene rings is 2. The standard InChI is InChI=1S/C26H33N5O2S/c1-16(2)19-11-13-20(14-12-19)27-22(32)15-34-26-30-29-24(31(26)6)23(17(3)4)28-25(33)21-10-8-7-9-18(21)5/h7-14,16-17,23H,15H2,1-6H3,(H,27,32)(H,28,33)/t23-/m0/s1. The summed E-state index contributed by atoms with van der Waals surface area (Å²) in [6.07, 6.45) is 0. The molecule has 3 rings (SSSR count). The normalized spacial score (nSPS) is 12.1. The van der Waals surface area contributed by atoms with Crippen LogP contribution in [0, 0.1) is 12.8 Å². The second kappa shape index (κ2) is 11.3. The minimum atomic E-state index is -0.313. The van der Waals surface area contributed by atoms with Crippen LogP contribution in [-0.4, -0.2) is 32.3 Å². The molecule has 2 amide bonds. The van der Waals surface area contributed by atoms with Crippen molar-refractivity contribution < 1.29 is 9.59 Å². The molecule has 0 bridgehead atoms. The maximum Gasteiger partial charge on any atom is 0.252 e. The summed E-state index contributed by atoms with van der Waals surface area (Å²) in [6.45, 7) is 10.2. The number of hydrogen-bond acceptors (Lipinski definition) is 5. The minimum Gasteiger partial charge on any atom is -0.342 e. The average molecular weight is 480 g/mol. The zero-order chi connectivity index (χ0) is 24.8. The van der Waals surface area contributed by atoms with Gasteiger partial charge in [0.05, 0.1) is 11.8 Å². The monoisotopic (exact) mass is 479 g/mol. The number of aryl methyl sites for hydroxylation is 1. The van der Waals surface area contributed by atoms with Gasteiger partial charge in [0, 0.05) is 18.3 Å². The van der Waals surface area contributed by atoms with Crippen LogP contribution in [-0.2, 0) is 11.8 Å². The maximum absolute atomic E-state index is 12.9. The van der Waals surface area contributed by atoms with Crippen LogP contribution in [0.25, 0.3) is 0 Å². The summed E-state index contributed by atoms with van der Waals surface area (Å²) < 4.78 is 1.85. The van der Waals surface area contributed by atoms with Crippen molar-refractivity contribution in [3.63, 3.8) is 0 Å². The molecule has 0 saturated carbocycles. The number of nitrogens with zero attached hydrogens (tertiary/aromatic N) is 3. The molecule has 1 heterocycles. The Morgan fingerprint density at radius 2 is 1.68 bits per heavy atom. The Morgan fingerprint density at radius 3 is 2.29 bits per heavy atom. The molecule has 3 aromatic rings. The first-order chi connectivity index (χ1) is 16.2. The van der Waals surface area contributed by atoms with Crippen LogP contribution in [0.4, 0.5) is 5.69 Å². The van der Waals surface area contributed by atoms with Gasteiger partial charge in [0.25, 0.3) is 5.91 Å². The third-order valence-corrected chi connectivity index (χ3v) is 6.70. The number of aromatic nitrogens is 3. The van der Waals surface area contributed by atoms with Crippen molar-refractivity contribution in [2.75, 3.05) is 11.1 Å². The molecule has 0 saturated heterocycles. The second-order valence-corrected chi connectivity index (χ2v) is 9.97. The molecule has 0 spiro atoms. The van der Waals surface area contributed by atoms with E-state index in [1.54, 1.807) is 0 Å². The van der Waals surface area contributed by atoms with Gasteiger partial charge in [0.1, 0.15) is 0 Å². The Kier molecular flexibility index (Phi) is 8.50. The quantitative estimate of drug-likeness (QED) is 0.417. The number of amides is 2. The molecule has 7 nitrogen and oxygen atoms in total. The maximum atomic E-state index is 12.9. The average Bonchev–Trinajstić information content (AvgIpc) is 3.16. The van der Waals surface area contributed by atoms with E-state index in [4.69, 9.17) is 0 Å². The summed E-state index contributed by atoms with van der Waals surface area (Å²) >= 11 is 1.31. The summed E-state index contributed by atoms with van der Waals surface area (Å²) in [4.78, 5) is 25.3. The number of thioether (sulfide) groups is 1. The van der Waals surface area contributed by atoms with Crippen molar-refractivity contribution in [3.8, 4) is 0 Å². The van der Waals surface area contributed by atoms with Gasteiger partial charge in [-0.2, -0.15) is 0 Å². The van der Waals surface area contributed by atoms with Gasteiger partial charge in [-0.1, -0.05) is 69.8 Å². The summed E-state index contributed by atoms with van der Waals surface area (Å²) in [5.74, 6) is 1.16. The summed E-state index contributed by atoms with van der Waals surface area (Å²) in [7, 11) is 1.86. The van der Waals surface area contributed by atoms with Crippen LogP contribution < -0.4 is 10.6 Å². The first kappa shape index (κ1) is 25.5. The Labute approximate surface area is 205 Å². The second-order valence-electron chi connectivity index (χ2n) is 9.02. The fraction of sp³-hybridized carbons (Fsp3) is 0.385. The van der Waals surface area contributed by atoms with E-state index in [2.05, 4.69) is 34.7 Å². The number of hydrogen-bond donors (Lipinski definition) is 2. The van der Waals surface area contributed by atoms with E-state index in [9.17, 15) is 9.59 Å². The predicted molar refractivity (Wildman–Crippen MR) is 137 cm³/mol. The molecular formula is C26H33N5O2S. The number of nitrogens with one attached hydrogen (secondary N) is 2. The Morgan fingerprint density at radius 1 is 1.00 bits per heavy atom. The third kappa shape index (κ3) is 6.26. The van der Waals surface area contributed by atoms with Crippen LogP contribution in [0.3, 0.4) is 0 Å². The lowest BCUT2D eigenvalue weighted by Gasteiger charge is -2.22. The van der Waals surface area contributed by atoms with E-state index in [0.717, 1.165) is 11.3 Å². The highest BCUT2D eigenvalue weighted by molar-refractivity contribution is 7.99. The molecule has 8 heteroatoms. The highest BCUT2D eigenvalue weighted by atomic mass is 32.2. The molecule has 180 valence electrons. The third-order valence-electron chi connectivity index (χ3n) is 5.68. The zero-order valence-electron chi connectivity index (χ0n) is 20.6. The van der Waals surface area contributed by atoms with E-state index in [1.807, 2.05) is 80.9 Å². The van der Waals surface area contributed by atoms with Crippen LogP contribution >= 0.6 is 11.8 Å². The highest BCUT2D eigenvalue weighted by Crippen LogP contribution is 2.25. The molecule has 0 aliphatic rings. The zero-order valence-corrected chi connectivity index (χ0v) is 21.4. The highest BCUT2D eigenvalue weighted by Gasteiger charge is 2.25. The molecule has 1 aromatic heterocycles. The van der Waals surface area contributed by atoms with Gasteiger partial charge in [0.15, 0.2) is 11.0 Å². The Hall–Kier alpha value is -3.13.